The number of hydrogen-bond donors (Lipinski definition) is 1. The fraction of sp³-hybridized carbons (Fsp3) is 0.562. The Morgan fingerprint density at radius 2 is 2.08 bits per heavy atom. The first-order chi connectivity index (χ1) is 11.3. The number of oxazole rings is 1. The lowest BCUT2D eigenvalue weighted by Crippen LogP contribution is -2.16. The van der Waals surface area contributed by atoms with Crippen molar-refractivity contribution in [1.82, 2.24) is 10.3 Å². The molecular weight excluding hydrogens is 409 g/mol. The van der Waals surface area contributed by atoms with Crippen LogP contribution in [0.2, 0.25) is 0 Å². The number of aromatic nitrogens is 1. The molecule has 0 saturated carbocycles. The van der Waals surface area contributed by atoms with Crippen LogP contribution in [0.3, 0.4) is 0 Å². The summed E-state index contributed by atoms with van der Waals surface area (Å²) in [6, 6.07) is 1.74. The summed E-state index contributed by atoms with van der Waals surface area (Å²) in [4.78, 5) is 3.69. The molecule has 0 bridgehead atoms. The van der Waals surface area contributed by atoms with Gasteiger partial charge < -0.3 is 9.73 Å². The molecule has 0 aliphatic carbocycles. The molecule has 0 fully saturated rings. The van der Waals surface area contributed by atoms with Crippen molar-refractivity contribution in [1.29, 1.82) is 0 Å². The van der Waals surface area contributed by atoms with Gasteiger partial charge in [0.2, 0.25) is 0 Å². The molecule has 2 aromatic rings. The predicted octanol–water partition coefficient (Wildman–Crippen LogP) is 4.99. The Bertz CT molecular complexity index is 745. The maximum Gasteiger partial charge on any atom is 0.468 e. The maximum absolute atomic E-state index is 13.0. The van der Waals surface area contributed by atoms with E-state index in [9.17, 15) is 13.2 Å². The maximum atomic E-state index is 13.0. The van der Waals surface area contributed by atoms with Crippen molar-refractivity contribution in [2.24, 2.45) is 0 Å². The van der Waals surface area contributed by atoms with Crippen molar-refractivity contribution in [2.75, 3.05) is 13.1 Å². The molecule has 0 amide bonds. The minimum Gasteiger partial charge on any atom is -0.433 e. The Kier molecular flexibility index (Phi) is 5.14. The van der Waals surface area contributed by atoms with Gasteiger partial charge in [-0.05, 0) is 55.5 Å². The Balaban J connectivity index is 2.22. The van der Waals surface area contributed by atoms with Gasteiger partial charge >= 0.3 is 12.1 Å². The first-order valence-corrected chi connectivity index (χ1v) is 9.14. The van der Waals surface area contributed by atoms with E-state index in [-0.39, 0.29) is 21.3 Å². The highest BCUT2D eigenvalue weighted by molar-refractivity contribution is 9.10. The highest BCUT2D eigenvalue weighted by Gasteiger charge is 2.38. The lowest BCUT2D eigenvalue weighted by Gasteiger charge is -2.19. The van der Waals surface area contributed by atoms with E-state index in [2.05, 4.69) is 26.2 Å². The van der Waals surface area contributed by atoms with Gasteiger partial charge in [0.1, 0.15) is 5.52 Å². The quantitative estimate of drug-likeness (QED) is 0.704. The molecule has 1 N–H and O–H groups in total. The Hall–Kier alpha value is -0.790. The third-order valence-corrected chi connectivity index (χ3v) is 4.86. The van der Waals surface area contributed by atoms with Gasteiger partial charge in [-0.1, -0.05) is 22.9 Å². The first kappa shape index (κ1) is 18.0. The van der Waals surface area contributed by atoms with Crippen LogP contribution in [0, 0.1) is 0 Å². The zero-order valence-corrected chi connectivity index (χ0v) is 15.4. The number of nitrogens with zero attached hydrogens (tertiary/aromatic N) is 1. The fourth-order valence-electron chi connectivity index (χ4n) is 3.29. The van der Waals surface area contributed by atoms with Crippen LogP contribution in [0.4, 0.5) is 13.2 Å². The minimum absolute atomic E-state index is 0.0449. The second-order valence-corrected chi connectivity index (χ2v) is 8.23. The van der Waals surface area contributed by atoms with Gasteiger partial charge in [0.15, 0.2) is 5.58 Å². The van der Waals surface area contributed by atoms with E-state index in [0.29, 0.717) is 6.42 Å². The van der Waals surface area contributed by atoms with E-state index >= 15 is 0 Å². The predicted molar refractivity (Wildman–Crippen MR) is 90.9 cm³/mol. The molecule has 1 aliphatic heterocycles. The van der Waals surface area contributed by atoms with Crippen LogP contribution in [0.25, 0.3) is 11.1 Å². The number of rotatable bonds is 3. The van der Waals surface area contributed by atoms with Gasteiger partial charge in [0.05, 0.1) is 4.29 Å². The van der Waals surface area contributed by atoms with Crippen LogP contribution < -0.4 is 5.32 Å². The number of nitrogens with one attached hydrogen (secondary N) is 1. The van der Waals surface area contributed by atoms with E-state index in [0.717, 1.165) is 42.6 Å². The average molecular weight is 426 g/mol. The third kappa shape index (κ3) is 3.58. The van der Waals surface area contributed by atoms with Gasteiger partial charge in [-0.2, -0.15) is 13.2 Å². The molecule has 2 heterocycles. The molecule has 8 heteroatoms. The normalized spacial score (nSPS) is 18.2. The van der Waals surface area contributed by atoms with E-state index in [1.54, 1.807) is 6.07 Å². The molecule has 132 valence electrons. The van der Waals surface area contributed by atoms with Crippen LogP contribution in [0.15, 0.2) is 10.5 Å². The summed E-state index contributed by atoms with van der Waals surface area (Å²) >= 11 is 9.36. The number of alkyl halides is 5. The first-order valence-electron chi connectivity index (χ1n) is 7.78. The lowest BCUT2D eigenvalue weighted by atomic mass is 9.87. The monoisotopic (exact) mass is 424 g/mol. The van der Waals surface area contributed by atoms with E-state index in [1.807, 2.05) is 6.92 Å². The zero-order chi connectivity index (χ0) is 17.5. The van der Waals surface area contributed by atoms with Crippen molar-refractivity contribution < 1.29 is 17.6 Å². The Labute approximate surface area is 151 Å². The number of halogens is 5. The molecule has 1 aromatic heterocycles. The Morgan fingerprint density at radius 3 is 2.75 bits per heavy atom. The second kappa shape index (κ2) is 6.84. The lowest BCUT2D eigenvalue weighted by molar-refractivity contribution is -0.156. The van der Waals surface area contributed by atoms with Gasteiger partial charge in [-0.15, -0.1) is 11.6 Å². The summed E-state index contributed by atoms with van der Waals surface area (Å²) in [6.45, 7) is 3.55. The largest absolute Gasteiger partial charge is 0.468 e. The molecule has 3 rings (SSSR count). The van der Waals surface area contributed by atoms with E-state index in [1.165, 1.54) is 0 Å². The van der Waals surface area contributed by atoms with Crippen molar-refractivity contribution >= 4 is 38.6 Å². The summed E-state index contributed by atoms with van der Waals surface area (Å²) in [6.07, 6.45) is -2.49. The van der Waals surface area contributed by atoms with Crippen molar-refractivity contribution in [2.45, 2.75) is 42.6 Å². The number of hydrogen-bond acceptors (Lipinski definition) is 3. The van der Waals surface area contributed by atoms with E-state index in [4.69, 9.17) is 16.0 Å². The molecule has 2 atom stereocenters. The van der Waals surface area contributed by atoms with Crippen LogP contribution in [-0.4, -0.2) is 22.4 Å². The summed E-state index contributed by atoms with van der Waals surface area (Å²) < 4.78 is 44.0. The topological polar surface area (TPSA) is 38.1 Å². The smallest absolute Gasteiger partial charge is 0.433 e. The highest BCUT2D eigenvalue weighted by atomic mass is 79.9. The number of benzene rings is 1. The Morgan fingerprint density at radius 1 is 1.38 bits per heavy atom. The summed E-state index contributed by atoms with van der Waals surface area (Å²) in [5, 5.41) is 3.32. The molecule has 0 spiro atoms. The summed E-state index contributed by atoms with van der Waals surface area (Å²) in [5.41, 5.74) is 3.41. The molecule has 1 aromatic carbocycles. The molecule has 2 unspecified atom stereocenters. The van der Waals surface area contributed by atoms with Crippen LogP contribution in [-0.2, 0) is 19.0 Å². The fourth-order valence-corrected chi connectivity index (χ4v) is 4.12. The summed E-state index contributed by atoms with van der Waals surface area (Å²) in [5.74, 6) is -1.23. The van der Waals surface area contributed by atoms with Crippen molar-refractivity contribution in [3.63, 3.8) is 0 Å². The third-order valence-electron chi connectivity index (χ3n) is 4.31. The van der Waals surface area contributed by atoms with Gasteiger partial charge in [0.25, 0.3) is 0 Å². The second-order valence-electron chi connectivity index (χ2n) is 6.07. The number of fused-ring (bicyclic) bond motifs is 2. The van der Waals surface area contributed by atoms with Gasteiger partial charge in [-0.25, -0.2) is 4.98 Å². The molecular formula is C16H17BrClF3N2O. The molecule has 24 heavy (non-hydrogen) atoms. The minimum atomic E-state index is -4.59. The average Bonchev–Trinajstić information content (AvgIpc) is 2.75. The highest BCUT2D eigenvalue weighted by Crippen LogP contribution is 2.39. The molecule has 3 nitrogen and oxygen atoms in total. The molecule has 0 saturated heterocycles. The van der Waals surface area contributed by atoms with Crippen LogP contribution >= 0.6 is 27.5 Å². The van der Waals surface area contributed by atoms with Crippen molar-refractivity contribution in [3.8, 4) is 0 Å². The van der Waals surface area contributed by atoms with E-state index < -0.39 is 12.1 Å². The molecule has 1 aliphatic rings. The summed E-state index contributed by atoms with van der Waals surface area (Å²) in [7, 11) is 0. The SMILES string of the molecule is CC(CC(Cl)Br)c1c2c(cc3nc(C(F)(F)F)oc13)CCNCC2. The van der Waals surface area contributed by atoms with Crippen molar-refractivity contribution in [3.05, 3.63) is 28.6 Å². The van der Waals surface area contributed by atoms with Gasteiger partial charge in [0, 0.05) is 5.56 Å². The van der Waals surface area contributed by atoms with Gasteiger partial charge in [-0.3, -0.25) is 0 Å². The zero-order valence-electron chi connectivity index (χ0n) is 13.0. The standard InChI is InChI=1S/C16H17BrClF3N2O/c1-8(6-12(17)18)13-10-3-5-22-4-2-9(10)7-11-14(13)24-15(23-11)16(19,20)21/h7-8,12,22H,2-6H2,1H3. The van der Waals surface area contributed by atoms with Crippen LogP contribution in [0.1, 0.15) is 41.8 Å². The molecule has 0 radical (unpaired) electrons. The van der Waals surface area contributed by atoms with Crippen LogP contribution in [0.5, 0.6) is 0 Å².